The Morgan fingerprint density at radius 1 is 1.13 bits per heavy atom. The minimum atomic E-state index is -0.207. The van der Waals surface area contributed by atoms with Crippen LogP contribution in [0, 0.1) is 6.92 Å². The van der Waals surface area contributed by atoms with Gasteiger partial charge in [-0.3, -0.25) is 9.36 Å². The molecule has 4 rings (SSSR count). The van der Waals surface area contributed by atoms with Crippen LogP contribution in [0.15, 0.2) is 76.5 Å². The van der Waals surface area contributed by atoms with Gasteiger partial charge in [-0.15, -0.1) is 10.2 Å². The quantitative estimate of drug-likeness (QED) is 0.377. The van der Waals surface area contributed by atoms with Gasteiger partial charge in [-0.2, -0.15) is 0 Å². The van der Waals surface area contributed by atoms with Crippen molar-refractivity contribution in [2.45, 2.75) is 25.0 Å². The smallest absolute Gasteiger partial charge is 0.231 e. The summed E-state index contributed by atoms with van der Waals surface area (Å²) in [5.41, 5.74) is 2.93. The average Bonchev–Trinajstić information content (AvgIpc) is 3.44. The normalized spacial score (nSPS) is 12.0. The van der Waals surface area contributed by atoms with Gasteiger partial charge in [0, 0.05) is 10.6 Å². The number of carbonyl (C=O) groups is 1. The Balaban J connectivity index is 1.59. The number of aromatic nitrogens is 3. The average molecular weight is 453 g/mol. The van der Waals surface area contributed by atoms with Crippen molar-refractivity contribution in [3.05, 3.63) is 83.3 Å². The summed E-state index contributed by atoms with van der Waals surface area (Å²) in [5, 5.41) is 13.0. The van der Waals surface area contributed by atoms with Crippen molar-refractivity contribution >= 4 is 29.3 Å². The number of para-hydroxylation sites is 1. The summed E-state index contributed by atoms with van der Waals surface area (Å²) in [4.78, 5) is 12.5. The second kappa shape index (κ2) is 9.41. The van der Waals surface area contributed by atoms with E-state index in [9.17, 15) is 4.79 Å². The lowest BCUT2D eigenvalue weighted by atomic mass is 10.1. The number of amides is 1. The van der Waals surface area contributed by atoms with Gasteiger partial charge in [0.1, 0.15) is 5.76 Å². The van der Waals surface area contributed by atoms with Gasteiger partial charge in [0.2, 0.25) is 5.91 Å². The molecule has 0 fully saturated rings. The third kappa shape index (κ3) is 4.84. The standard InChI is InChI=1S/C23H21ClN4O2S/c1-15-6-3-4-7-19(15)28-22(17-9-11-18(24)12-10-17)26-27-23(28)31-14-21(29)25-16(2)20-8-5-13-30-20/h3-13,16H,14H2,1-2H3,(H,25,29). The van der Waals surface area contributed by atoms with Gasteiger partial charge in [-0.25, -0.2) is 0 Å². The zero-order valence-corrected chi connectivity index (χ0v) is 18.7. The number of hydrogen-bond donors (Lipinski definition) is 1. The van der Waals surface area contributed by atoms with Crippen LogP contribution in [0.2, 0.25) is 5.02 Å². The Kier molecular flexibility index (Phi) is 6.44. The molecule has 2 aromatic carbocycles. The second-order valence-electron chi connectivity index (χ2n) is 7.03. The van der Waals surface area contributed by atoms with Gasteiger partial charge in [0.15, 0.2) is 11.0 Å². The van der Waals surface area contributed by atoms with Gasteiger partial charge in [-0.05, 0) is 61.9 Å². The molecule has 0 saturated heterocycles. The molecule has 1 N–H and O–H groups in total. The summed E-state index contributed by atoms with van der Waals surface area (Å²) in [7, 11) is 0. The van der Waals surface area contributed by atoms with Crippen LogP contribution in [-0.2, 0) is 4.79 Å². The van der Waals surface area contributed by atoms with Crippen LogP contribution >= 0.6 is 23.4 Å². The number of furan rings is 1. The van der Waals surface area contributed by atoms with Gasteiger partial charge >= 0.3 is 0 Å². The molecular formula is C23H21ClN4O2S. The van der Waals surface area contributed by atoms with Crippen molar-refractivity contribution in [2.24, 2.45) is 0 Å². The molecule has 0 aliphatic carbocycles. The molecule has 158 valence electrons. The van der Waals surface area contributed by atoms with Crippen molar-refractivity contribution < 1.29 is 9.21 Å². The molecule has 1 unspecified atom stereocenters. The molecule has 8 heteroatoms. The van der Waals surface area contributed by atoms with Crippen LogP contribution in [0.1, 0.15) is 24.3 Å². The van der Waals surface area contributed by atoms with E-state index in [0.717, 1.165) is 16.8 Å². The third-order valence-corrected chi connectivity index (χ3v) is 5.95. The number of aryl methyl sites for hydroxylation is 1. The number of benzene rings is 2. The van der Waals surface area contributed by atoms with E-state index in [4.69, 9.17) is 16.0 Å². The number of carbonyl (C=O) groups excluding carboxylic acids is 1. The number of nitrogens with zero attached hydrogens (tertiary/aromatic N) is 3. The first-order valence-corrected chi connectivity index (χ1v) is 11.1. The number of thioether (sulfide) groups is 1. The van der Waals surface area contributed by atoms with Gasteiger partial charge in [0.25, 0.3) is 0 Å². The van der Waals surface area contributed by atoms with E-state index in [0.29, 0.717) is 21.8 Å². The first kappa shape index (κ1) is 21.2. The number of nitrogens with one attached hydrogen (secondary N) is 1. The van der Waals surface area contributed by atoms with Crippen molar-refractivity contribution in [1.82, 2.24) is 20.1 Å². The molecule has 4 aromatic rings. The maximum Gasteiger partial charge on any atom is 0.231 e. The summed E-state index contributed by atoms with van der Waals surface area (Å²) in [6, 6.07) is 18.9. The van der Waals surface area contributed by atoms with Crippen LogP contribution in [0.3, 0.4) is 0 Å². The van der Waals surface area contributed by atoms with E-state index in [-0.39, 0.29) is 17.7 Å². The van der Waals surface area contributed by atoms with Crippen molar-refractivity contribution in [3.8, 4) is 17.1 Å². The summed E-state index contributed by atoms with van der Waals surface area (Å²) in [5.74, 6) is 1.50. The highest BCUT2D eigenvalue weighted by atomic mass is 35.5. The molecule has 0 aliphatic heterocycles. The highest BCUT2D eigenvalue weighted by molar-refractivity contribution is 7.99. The molecule has 1 atom stereocenters. The minimum absolute atomic E-state index is 0.110. The fourth-order valence-corrected chi connectivity index (χ4v) is 4.08. The summed E-state index contributed by atoms with van der Waals surface area (Å²) >= 11 is 7.39. The monoisotopic (exact) mass is 452 g/mol. The predicted molar refractivity (Wildman–Crippen MR) is 123 cm³/mol. The molecular weight excluding hydrogens is 432 g/mol. The Morgan fingerprint density at radius 2 is 1.90 bits per heavy atom. The SMILES string of the molecule is Cc1ccccc1-n1c(SCC(=O)NC(C)c2ccco2)nnc1-c1ccc(Cl)cc1. The van der Waals surface area contributed by atoms with Crippen LogP contribution < -0.4 is 5.32 Å². The van der Waals surface area contributed by atoms with Crippen LogP contribution in [-0.4, -0.2) is 26.4 Å². The molecule has 0 bridgehead atoms. The summed E-state index contributed by atoms with van der Waals surface area (Å²) < 4.78 is 7.33. The van der Waals surface area contributed by atoms with Crippen molar-refractivity contribution in [1.29, 1.82) is 0 Å². The molecule has 0 saturated carbocycles. The lowest BCUT2D eigenvalue weighted by molar-refractivity contribution is -0.119. The van der Waals surface area contributed by atoms with E-state index in [1.807, 2.05) is 73.0 Å². The van der Waals surface area contributed by atoms with Crippen molar-refractivity contribution in [3.63, 3.8) is 0 Å². The molecule has 1 amide bonds. The first-order chi connectivity index (χ1) is 15.0. The number of halogens is 1. The fourth-order valence-electron chi connectivity index (χ4n) is 3.20. The maximum absolute atomic E-state index is 12.5. The highest BCUT2D eigenvalue weighted by Gasteiger charge is 2.19. The van der Waals surface area contributed by atoms with Crippen LogP contribution in [0.5, 0.6) is 0 Å². The Labute approximate surface area is 189 Å². The van der Waals surface area contributed by atoms with Crippen LogP contribution in [0.25, 0.3) is 17.1 Å². The molecule has 0 aliphatic rings. The van der Waals surface area contributed by atoms with E-state index < -0.39 is 0 Å². The van der Waals surface area contributed by atoms with E-state index in [1.54, 1.807) is 12.3 Å². The second-order valence-corrected chi connectivity index (χ2v) is 8.41. The van der Waals surface area contributed by atoms with Gasteiger partial charge in [0.05, 0.1) is 23.7 Å². The molecule has 2 heterocycles. The van der Waals surface area contributed by atoms with Gasteiger partial charge < -0.3 is 9.73 Å². The molecule has 31 heavy (non-hydrogen) atoms. The Hall–Kier alpha value is -3.03. The number of hydrogen-bond acceptors (Lipinski definition) is 5. The zero-order chi connectivity index (χ0) is 21.8. The zero-order valence-electron chi connectivity index (χ0n) is 17.1. The molecule has 0 radical (unpaired) electrons. The largest absolute Gasteiger partial charge is 0.467 e. The predicted octanol–water partition coefficient (Wildman–Crippen LogP) is 5.46. The Morgan fingerprint density at radius 3 is 2.61 bits per heavy atom. The highest BCUT2D eigenvalue weighted by Crippen LogP contribution is 2.30. The lowest BCUT2D eigenvalue weighted by Crippen LogP contribution is -2.28. The third-order valence-electron chi connectivity index (χ3n) is 4.77. The number of rotatable bonds is 7. The molecule has 0 spiro atoms. The van der Waals surface area contributed by atoms with E-state index in [2.05, 4.69) is 15.5 Å². The van der Waals surface area contributed by atoms with E-state index >= 15 is 0 Å². The van der Waals surface area contributed by atoms with E-state index in [1.165, 1.54) is 11.8 Å². The summed E-state index contributed by atoms with van der Waals surface area (Å²) in [6.45, 7) is 3.92. The first-order valence-electron chi connectivity index (χ1n) is 9.76. The minimum Gasteiger partial charge on any atom is -0.467 e. The summed E-state index contributed by atoms with van der Waals surface area (Å²) in [6.07, 6.45) is 1.59. The topological polar surface area (TPSA) is 73.0 Å². The lowest BCUT2D eigenvalue weighted by Gasteiger charge is -2.14. The fraction of sp³-hybridized carbons (Fsp3) is 0.174. The maximum atomic E-state index is 12.5. The van der Waals surface area contributed by atoms with Gasteiger partial charge in [-0.1, -0.05) is 41.6 Å². The molecule has 2 aromatic heterocycles. The van der Waals surface area contributed by atoms with Crippen LogP contribution in [0.4, 0.5) is 0 Å². The molecule has 6 nitrogen and oxygen atoms in total. The van der Waals surface area contributed by atoms with Crippen molar-refractivity contribution in [2.75, 3.05) is 5.75 Å². The Bertz CT molecular complexity index is 1170.